The number of nitrogens with one attached hydrogen (secondary N) is 1. The fourth-order valence-electron chi connectivity index (χ4n) is 2.12. The third-order valence-electron chi connectivity index (χ3n) is 3.32. The van der Waals surface area contributed by atoms with E-state index in [4.69, 9.17) is 0 Å². The third-order valence-corrected chi connectivity index (χ3v) is 3.32. The molecule has 0 atom stereocenters. The standard InChI is InChI=1S/C17H22FN3/c1-3-10-19-11-14-8-9-17(20-12-14)21(2)13-15-6-4-5-7-16(15)18/h4-9,12,19H,3,10-11,13H2,1-2H3. The van der Waals surface area contributed by atoms with Crippen molar-refractivity contribution in [1.29, 1.82) is 0 Å². The van der Waals surface area contributed by atoms with Gasteiger partial charge in [0.05, 0.1) is 0 Å². The highest BCUT2D eigenvalue weighted by molar-refractivity contribution is 5.39. The van der Waals surface area contributed by atoms with Gasteiger partial charge in [-0.2, -0.15) is 0 Å². The van der Waals surface area contributed by atoms with Crippen LogP contribution < -0.4 is 10.2 Å². The van der Waals surface area contributed by atoms with E-state index in [1.807, 2.05) is 30.3 Å². The van der Waals surface area contributed by atoms with E-state index in [1.165, 1.54) is 6.07 Å². The van der Waals surface area contributed by atoms with Gasteiger partial charge in [0.2, 0.25) is 0 Å². The second kappa shape index (κ2) is 7.74. The molecule has 0 radical (unpaired) electrons. The minimum absolute atomic E-state index is 0.176. The zero-order valence-corrected chi connectivity index (χ0v) is 12.6. The molecule has 0 saturated heterocycles. The number of benzene rings is 1. The molecule has 0 bridgehead atoms. The highest BCUT2D eigenvalue weighted by Crippen LogP contribution is 2.15. The van der Waals surface area contributed by atoms with Crippen LogP contribution in [0.2, 0.25) is 0 Å². The van der Waals surface area contributed by atoms with Gasteiger partial charge >= 0.3 is 0 Å². The van der Waals surface area contributed by atoms with Crippen LogP contribution in [0, 0.1) is 5.82 Å². The van der Waals surface area contributed by atoms with Crippen molar-refractivity contribution in [2.45, 2.75) is 26.4 Å². The van der Waals surface area contributed by atoms with Crippen molar-refractivity contribution in [2.24, 2.45) is 0 Å². The lowest BCUT2D eigenvalue weighted by Crippen LogP contribution is -2.19. The van der Waals surface area contributed by atoms with Gasteiger partial charge in [0.15, 0.2) is 0 Å². The van der Waals surface area contributed by atoms with Crippen LogP contribution >= 0.6 is 0 Å². The molecular weight excluding hydrogens is 265 g/mol. The van der Waals surface area contributed by atoms with Gasteiger partial charge in [-0.1, -0.05) is 31.2 Å². The first-order valence-corrected chi connectivity index (χ1v) is 7.31. The molecule has 0 aliphatic rings. The molecule has 0 aliphatic heterocycles. The molecule has 21 heavy (non-hydrogen) atoms. The molecule has 2 rings (SSSR count). The van der Waals surface area contributed by atoms with Gasteiger partial charge < -0.3 is 10.2 Å². The number of hydrogen-bond acceptors (Lipinski definition) is 3. The van der Waals surface area contributed by atoms with Crippen molar-refractivity contribution < 1.29 is 4.39 Å². The summed E-state index contributed by atoms with van der Waals surface area (Å²) in [7, 11) is 1.92. The molecule has 3 nitrogen and oxygen atoms in total. The maximum Gasteiger partial charge on any atom is 0.128 e. The Morgan fingerprint density at radius 2 is 2.00 bits per heavy atom. The summed E-state index contributed by atoms with van der Waals surface area (Å²) < 4.78 is 13.6. The van der Waals surface area contributed by atoms with Gasteiger partial charge in [0.25, 0.3) is 0 Å². The summed E-state index contributed by atoms with van der Waals surface area (Å²) in [6.45, 7) is 4.49. The second-order valence-corrected chi connectivity index (χ2v) is 5.15. The quantitative estimate of drug-likeness (QED) is 0.792. The van der Waals surface area contributed by atoms with Crippen molar-refractivity contribution in [2.75, 3.05) is 18.5 Å². The summed E-state index contributed by atoms with van der Waals surface area (Å²) >= 11 is 0. The van der Waals surface area contributed by atoms with Crippen molar-refractivity contribution in [1.82, 2.24) is 10.3 Å². The van der Waals surface area contributed by atoms with Gasteiger partial charge in [-0.3, -0.25) is 0 Å². The molecule has 0 unspecified atom stereocenters. The SMILES string of the molecule is CCCNCc1ccc(N(C)Cc2ccccc2F)nc1. The molecule has 1 N–H and O–H groups in total. The zero-order valence-electron chi connectivity index (χ0n) is 12.6. The normalized spacial score (nSPS) is 10.6. The topological polar surface area (TPSA) is 28.2 Å². The van der Waals surface area contributed by atoms with E-state index >= 15 is 0 Å². The molecule has 4 heteroatoms. The summed E-state index contributed by atoms with van der Waals surface area (Å²) in [5.41, 5.74) is 1.84. The van der Waals surface area contributed by atoms with E-state index in [0.717, 1.165) is 30.9 Å². The fraction of sp³-hybridized carbons (Fsp3) is 0.353. The molecule has 112 valence electrons. The number of anilines is 1. The first kappa shape index (κ1) is 15.4. The predicted octanol–water partition coefficient (Wildman–Crippen LogP) is 3.36. The molecule has 0 amide bonds. The molecule has 1 aromatic heterocycles. The summed E-state index contributed by atoms with van der Waals surface area (Å²) in [6.07, 6.45) is 2.99. The van der Waals surface area contributed by atoms with Gasteiger partial charge in [0.1, 0.15) is 11.6 Å². The number of aromatic nitrogens is 1. The van der Waals surface area contributed by atoms with E-state index in [1.54, 1.807) is 12.1 Å². The monoisotopic (exact) mass is 287 g/mol. The Morgan fingerprint density at radius 3 is 2.67 bits per heavy atom. The maximum absolute atomic E-state index is 13.6. The van der Waals surface area contributed by atoms with Crippen LogP contribution in [0.15, 0.2) is 42.6 Å². The molecule has 1 heterocycles. The molecule has 0 aliphatic carbocycles. The lowest BCUT2D eigenvalue weighted by Gasteiger charge is -2.18. The molecule has 1 aromatic carbocycles. The molecule has 0 spiro atoms. The largest absolute Gasteiger partial charge is 0.355 e. The highest BCUT2D eigenvalue weighted by Gasteiger charge is 2.07. The smallest absolute Gasteiger partial charge is 0.128 e. The van der Waals surface area contributed by atoms with E-state index in [2.05, 4.69) is 23.3 Å². The van der Waals surface area contributed by atoms with Crippen molar-refractivity contribution in [3.8, 4) is 0 Å². The Morgan fingerprint density at radius 1 is 1.19 bits per heavy atom. The van der Waals surface area contributed by atoms with Crippen LogP contribution in [-0.4, -0.2) is 18.6 Å². The Kier molecular flexibility index (Phi) is 5.69. The lowest BCUT2D eigenvalue weighted by molar-refractivity contribution is 0.607. The summed E-state index contributed by atoms with van der Waals surface area (Å²) in [5, 5.41) is 3.34. The molecule has 0 saturated carbocycles. The number of pyridine rings is 1. The van der Waals surface area contributed by atoms with Crippen molar-refractivity contribution in [3.05, 3.63) is 59.5 Å². The maximum atomic E-state index is 13.6. The fourth-order valence-corrected chi connectivity index (χ4v) is 2.12. The Hall–Kier alpha value is -1.94. The molecule has 2 aromatic rings. The van der Waals surface area contributed by atoms with E-state index in [-0.39, 0.29) is 5.82 Å². The van der Waals surface area contributed by atoms with Crippen LogP contribution in [0.1, 0.15) is 24.5 Å². The zero-order chi connectivity index (χ0) is 15.1. The Bertz CT molecular complexity index is 554. The van der Waals surface area contributed by atoms with Crippen LogP contribution in [0.4, 0.5) is 10.2 Å². The predicted molar refractivity (Wildman–Crippen MR) is 84.7 cm³/mol. The lowest BCUT2D eigenvalue weighted by atomic mass is 10.2. The van der Waals surface area contributed by atoms with Crippen molar-refractivity contribution >= 4 is 5.82 Å². The van der Waals surface area contributed by atoms with E-state index < -0.39 is 0 Å². The van der Waals surface area contributed by atoms with Gasteiger partial charge in [-0.05, 0) is 30.7 Å². The average Bonchev–Trinajstić information content (AvgIpc) is 2.50. The van der Waals surface area contributed by atoms with E-state index in [9.17, 15) is 4.39 Å². The summed E-state index contributed by atoms with van der Waals surface area (Å²) in [6, 6.07) is 10.9. The van der Waals surface area contributed by atoms with Crippen LogP contribution in [0.5, 0.6) is 0 Å². The molecular formula is C17H22FN3. The summed E-state index contributed by atoms with van der Waals surface area (Å²) in [5.74, 6) is 0.669. The Balaban J connectivity index is 1.96. The first-order chi connectivity index (χ1) is 10.2. The minimum atomic E-state index is -0.176. The van der Waals surface area contributed by atoms with Crippen LogP contribution in [-0.2, 0) is 13.1 Å². The minimum Gasteiger partial charge on any atom is -0.355 e. The number of nitrogens with zero attached hydrogens (tertiary/aromatic N) is 2. The summed E-state index contributed by atoms with van der Waals surface area (Å²) in [4.78, 5) is 6.39. The molecule has 0 fully saturated rings. The van der Waals surface area contributed by atoms with Gasteiger partial charge in [-0.15, -0.1) is 0 Å². The second-order valence-electron chi connectivity index (χ2n) is 5.15. The average molecular weight is 287 g/mol. The third kappa shape index (κ3) is 4.53. The number of hydrogen-bond donors (Lipinski definition) is 1. The van der Waals surface area contributed by atoms with Gasteiger partial charge in [-0.25, -0.2) is 9.37 Å². The first-order valence-electron chi connectivity index (χ1n) is 7.31. The van der Waals surface area contributed by atoms with E-state index in [0.29, 0.717) is 12.1 Å². The van der Waals surface area contributed by atoms with Crippen molar-refractivity contribution in [3.63, 3.8) is 0 Å². The highest BCUT2D eigenvalue weighted by atomic mass is 19.1. The van der Waals surface area contributed by atoms with Crippen LogP contribution in [0.25, 0.3) is 0 Å². The van der Waals surface area contributed by atoms with Gasteiger partial charge in [0, 0.05) is 31.9 Å². The number of rotatable bonds is 7. The number of halogens is 1. The Labute approximate surface area is 125 Å². The van der Waals surface area contributed by atoms with Crippen LogP contribution in [0.3, 0.4) is 0 Å².